The predicted octanol–water partition coefficient (Wildman–Crippen LogP) is 2.19. The quantitative estimate of drug-likeness (QED) is 0.629. The van der Waals surface area contributed by atoms with Crippen LogP contribution in [0.2, 0.25) is 0 Å². The van der Waals surface area contributed by atoms with Gasteiger partial charge in [-0.2, -0.15) is 5.10 Å². The first-order chi connectivity index (χ1) is 11.1. The molecule has 2 rings (SSSR count). The van der Waals surface area contributed by atoms with Crippen molar-refractivity contribution >= 4 is 17.8 Å². The Labute approximate surface area is 136 Å². The second kappa shape index (κ2) is 8.12. The van der Waals surface area contributed by atoms with Gasteiger partial charge in [-0.05, 0) is 38.5 Å². The molecule has 23 heavy (non-hydrogen) atoms. The third-order valence-corrected chi connectivity index (χ3v) is 3.66. The van der Waals surface area contributed by atoms with E-state index in [9.17, 15) is 4.79 Å². The number of carbonyl (C=O) groups excluding carboxylic acids is 1. The Bertz CT molecular complexity index is 656. The van der Waals surface area contributed by atoms with E-state index in [0.29, 0.717) is 0 Å². The molecule has 6 heteroatoms. The fourth-order valence-corrected chi connectivity index (χ4v) is 2.30. The number of anilines is 1. The van der Waals surface area contributed by atoms with E-state index in [-0.39, 0.29) is 12.5 Å². The van der Waals surface area contributed by atoms with Crippen molar-refractivity contribution in [2.75, 3.05) is 18.0 Å². The number of aryl methyl sites for hydroxylation is 1. The Balaban J connectivity index is 1.88. The molecule has 0 aliphatic carbocycles. The minimum Gasteiger partial charge on any atom is -0.372 e. The van der Waals surface area contributed by atoms with Gasteiger partial charge >= 0.3 is 0 Å². The van der Waals surface area contributed by atoms with Crippen molar-refractivity contribution in [1.29, 1.82) is 0 Å². The highest BCUT2D eigenvalue weighted by atomic mass is 16.2. The molecule has 0 saturated carbocycles. The van der Waals surface area contributed by atoms with Crippen molar-refractivity contribution in [3.63, 3.8) is 0 Å². The summed E-state index contributed by atoms with van der Waals surface area (Å²) in [5, 5.41) is 3.99. The number of imidazole rings is 1. The Hall–Kier alpha value is -2.63. The Morgan fingerprint density at radius 1 is 1.30 bits per heavy atom. The number of hydrazone groups is 1. The van der Waals surface area contributed by atoms with E-state index in [1.807, 2.05) is 19.1 Å². The number of rotatable bonds is 7. The maximum Gasteiger partial charge on any atom is 0.260 e. The summed E-state index contributed by atoms with van der Waals surface area (Å²) in [4.78, 5) is 18.1. The molecule has 6 nitrogen and oxygen atoms in total. The summed E-state index contributed by atoms with van der Waals surface area (Å²) in [5.41, 5.74) is 4.66. The second-order valence-corrected chi connectivity index (χ2v) is 5.16. The molecule has 1 amide bonds. The molecular formula is C17H23N5O. The lowest BCUT2D eigenvalue weighted by molar-refractivity contribution is -0.121. The van der Waals surface area contributed by atoms with Crippen LogP contribution in [-0.4, -0.2) is 34.8 Å². The summed E-state index contributed by atoms with van der Waals surface area (Å²) < 4.78 is 1.77. The van der Waals surface area contributed by atoms with Gasteiger partial charge in [0.2, 0.25) is 0 Å². The molecule has 0 radical (unpaired) electrons. The van der Waals surface area contributed by atoms with Gasteiger partial charge in [0, 0.05) is 31.2 Å². The first-order valence-electron chi connectivity index (χ1n) is 7.78. The van der Waals surface area contributed by atoms with Gasteiger partial charge in [0.05, 0.1) is 6.21 Å². The molecule has 0 spiro atoms. The van der Waals surface area contributed by atoms with E-state index in [1.54, 1.807) is 23.2 Å². The van der Waals surface area contributed by atoms with Crippen molar-refractivity contribution in [2.45, 2.75) is 27.3 Å². The lowest BCUT2D eigenvalue weighted by Crippen LogP contribution is -2.23. The third kappa shape index (κ3) is 4.67. The minimum atomic E-state index is -0.179. The average Bonchev–Trinajstić information content (AvgIpc) is 2.95. The largest absolute Gasteiger partial charge is 0.372 e. The maximum atomic E-state index is 11.8. The van der Waals surface area contributed by atoms with Crippen molar-refractivity contribution in [3.8, 4) is 0 Å². The summed E-state index contributed by atoms with van der Waals surface area (Å²) in [6.45, 7) is 8.30. The first kappa shape index (κ1) is 16.7. The monoisotopic (exact) mass is 313 g/mol. The summed E-state index contributed by atoms with van der Waals surface area (Å²) in [5.74, 6) is 0.623. The standard InChI is InChI=1S/C17H23N5O/c1-4-21(5-2)16-8-6-15(7-9-16)12-19-20-17(23)13-22-11-10-18-14(22)3/h6-12H,4-5,13H2,1-3H3,(H,20,23)/b19-12-. The van der Waals surface area contributed by atoms with Gasteiger partial charge in [-0.15, -0.1) is 0 Å². The van der Waals surface area contributed by atoms with Crippen LogP contribution in [0.4, 0.5) is 5.69 Å². The summed E-state index contributed by atoms with van der Waals surface area (Å²) in [6.07, 6.45) is 5.08. The van der Waals surface area contributed by atoms with Gasteiger partial charge in [0.1, 0.15) is 12.4 Å². The highest BCUT2D eigenvalue weighted by Crippen LogP contribution is 2.13. The van der Waals surface area contributed by atoms with Crippen LogP contribution in [0.1, 0.15) is 25.2 Å². The lowest BCUT2D eigenvalue weighted by atomic mass is 10.2. The van der Waals surface area contributed by atoms with Crippen LogP contribution in [0.5, 0.6) is 0 Å². The van der Waals surface area contributed by atoms with Crippen molar-refractivity contribution in [3.05, 3.63) is 48.0 Å². The van der Waals surface area contributed by atoms with Crippen LogP contribution < -0.4 is 10.3 Å². The molecule has 0 atom stereocenters. The SMILES string of the molecule is CCN(CC)c1ccc(/C=N\NC(=O)Cn2ccnc2C)cc1. The summed E-state index contributed by atoms with van der Waals surface area (Å²) >= 11 is 0. The Morgan fingerprint density at radius 3 is 2.57 bits per heavy atom. The molecule has 122 valence electrons. The Morgan fingerprint density at radius 2 is 2.00 bits per heavy atom. The zero-order chi connectivity index (χ0) is 16.7. The van der Waals surface area contributed by atoms with Crippen molar-refractivity contribution < 1.29 is 4.79 Å². The lowest BCUT2D eigenvalue weighted by Gasteiger charge is -2.20. The average molecular weight is 313 g/mol. The number of nitrogens with zero attached hydrogens (tertiary/aromatic N) is 4. The van der Waals surface area contributed by atoms with Crippen LogP contribution >= 0.6 is 0 Å². The molecule has 2 aromatic rings. The zero-order valence-electron chi connectivity index (χ0n) is 13.9. The van der Waals surface area contributed by atoms with Gasteiger partial charge in [0.25, 0.3) is 5.91 Å². The number of hydrogen-bond donors (Lipinski definition) is 1. The Kier molecular flexibility index (Phi) is 5.91. The smallest absolute Gasteiger partial charge is 0.260 e. The molecule has 1 heterocycles. The van der Waals surface area contributed by atoms with Crippen LogP contribution in [0.25, 0.3) is 0 Å². The number of hydrogen-bond acceptors (Lipinski definition) is 4. The van der Waals surface area contributed by atoms with Gasteiger partial charge in [-0.1, -0.05) is 12.1 Å². The molecule has 0 saturated heterocycles. The fraction of sp³-hybridized carbons (Fsp3) is 0.353. The van der Waals surface area contributed by atoms with E-state index in [4.69, 9.17) is 0 Å². The summed E-state index contributed by atoms with van der Waals surface area (Å²) in [6, 6.07) is 8.10. The second-order valence-electron chi connectivity index (χ2n) is 5.16. The molecule has 0 aliphatic heterocycles. The molecule has 0 aliphatic rings. The number of nitrogens with one attached hydrogen (secondary N) is 1. The van der Waals surface area contributed by atoms with Gasteiger partial charge in [0.15, 0.2) is 0 Å². The van der Waals surface area contributed by atoms with Crippen LogP contribution in [-0.2, 0) is 11.3 Å². The number of aromatic nitrogens is 2. The van der Waals surface area contributed by atoms with E-state index >= 15 is 0 Å². The summed E-state index contributed by atoms with van der Waals surface area (Å²) in [7, 11) is 0. The molecule has 0 bridgehead atoms. The number of amides is 1. The highest BCUT2D eigenvalue weighted by Gasteiger charge is 2.03. The van der Waals surface area contributed by atoms with E-state index in [1.165, 1.54) is 5.69 Å². The van der Waals surface area contributed by atoms with Crippen molar-refractivity contribution in [1.82, 2.24) is 15.0 Å². The minimum absolute atomic E-state index is 0.179. The van der Waals surface area contributed by atoms with Gasteiger partial charge < -0.3 is 9.47 Å². The normalized spacial score (nSPS) is 10.9. The van der Waals surface area contributed by atoms with Gasteiger partial charge in [-0.3, -0.25) is 4.79 Å². The van der Waals surface area contributed by atoms with E-state index in [2.05, 4.69) is 46.4 Å². The molecule has 0 fully saturated rings. The maximum absolute atomic E-state index is 11.8. The van der Waals surface area contributed by atoms with E-state index in [0.717, 1.165) is 24.5 Å². The zero-order valence-corrected chi connectivity index (χ0v) is 13.9. The molecule has 1 aromatic carbocycles. The molecule has 0 unspecified atom stereocenters. The predicted molar refractivity (Wildman–Crippen MR) is 92.7 cm³/mol. The molecular weight excluding hydrogens is 290 g/mol. The van der Waals surface area contributed by atoms with Crippen LogP contribution in [0.15, 0.2) is 41.8 Å². The van der Waals surface area contributed by atoms with Crippen LogP contribution in [0, 0.1) is 6.92 Å². The molecule has 1 aromatic heterocycles. The number of carbonyl (C=O) groups is 1. The van der Waals surface area contributed by atoms with E-state index < -0.39 is 0 Å². The highest BCUT2D eigenvalue weighted by molar-refractivity contribution is 5.82. The van der Waals surface area contributed by atoms with Gasteiger partial charge in [-0.25, -0.2) is 10.4 Å². The third-order valence-electron chi connectivity index (χ3n) is 3.66. The number of benzene rings is 1. The van der Waals surface area contributed by atoms with Crippen molar-refractivity contribution in [2.24, 2.45) is 5.10 Å². The van der Waals surface area contributed by atoms with Crippen LogP contribution in [0.3, 0.4) is 0 Å². The fourth-order valence-electron chi connectivity index (χ4n) is 2.30. The topological polar surface area (TPSA) is 62.5 Å². The molecule has 1 N–H and O–H groups in total. The first-order valence-corrected chi connectivity index (χ1v) is 7.78.